The third-order valence-electron chi connectivity index (χ3n) is 1.46. The maximum atomic E-state index is 8.42. The molecule has 0 bridgehead atoms. The molecule has 0 spiro atoms. The van der Waals surface area contributed by atoms with Gasteiger partial charge in [0.15, 0.2) is 0 Å². The second-order valence-electron chi connectivity index (χ2n) is 2.43. The van der Waals surface area contributed by atoms with Gasteiger partial charge in [0.25, 0.3) is 0 Å². The average molecular weight is 183 g/mol. The smallest absolute Gasteiger partial charge is 0.0968 e. The molecule has 1 aromatic carbocycles. The van der Waals surface area contributed by atoms with Crippen molar-refractivity contribution in [3.8, 4) is 6.07 Å². The van der Waals surface area contributed by atoms with Gasteiger partial charge in [0.2, 0.25) is 0 Å². The van der Waals surface area contributed by atoms with Gasteiger partial charge in [-0.2, -0.15) is 5.26 Å². The van der Waals surface area contributed by atoms with Gasteiger partial charge in [0.1, 0.15) is 0 Å². The third kappa shape index (κ3) is 3.38. The maximum absolute atomic E-state index is 8.42. The molecular formula is C9H11ClN2. The summed E-state index contributed by atoms with van der Waals surface area (Å²) in [6, 6.07) is 11.4. The molecule has 0 aromatic heterocycles. The lowest BCUT2D eigenvalue weighted by molar-refractivity contribution is 0.823. The lowest BCUT2D eigenvalue weighted by Crippen LogP contribution is -2.19. The minimum Gasteiger partial charge on any atom is -0.316 e. The summed E-state index contributed by atoms with van der Waals surface area (Å²) in [4.78, 5) is 0. The highest BCUT2D eigenvalue weighted by molar-refractivity contribution is 5.85. The molecule has 0 amide bonds. The van der Waals surface area contributed by atoms with E-state index in [1.807, 2.05) is 36.4 Å². The Morgan fingerprint density at radius 1 is 1.33 bits per heavy atom. The van der Waals surface area contributed by atoms with Gasteiger partial charge in [-0.15, -0.1) is 12.4 Å². The highest BCUT2D eigenvalue weighted by atomic mass is 35.5. The molecule has 3 heteroatoms. The van der Waals surface area contributed by atoms with E-state index in [0.717, 1.165) is 5.56 Å². The Kier molecular flexibility index (Phi) is 5.11. The van der Waals surface area contributed by atoms with Gasteiger partial charge in [-0.1, -0.05) is 30.3 Å². The Balaban J connectivity index is 0.00000121. The van der Waals surface area contributed by atoms with Crippen LogP contribution in [0.3, 0.4) is 0 Å². The Labute approximate surface area is 78.4 Å². The molecule has 1 aromatic rings. The second-order valence-corrected chi connectivity index (χ2v) is 2.43. The van der Waals surface area contributed by atoms with Crippen LogP contribution >= 0.6 is 12.4 Å². The first kappa shape index (κ1) is 11.0. The van der Waals surface area contributed by atoms with Crippen molar-refractivity contribution in [3.05, 3.63) is 35.9 Å². The zero-order valence-corrected chi connectivity index (χ0v) is 7.42. The maximum Gasteiger partial charge on any atom is 0.0968 e. The summed E-state index contributed by atoms with van der Waals surface area (Å²) < 4.78 is 0. The van der Waals surface area contributed by atoms with Gasteiger partial charge in [0, 0.05) is 6.42 Å². The number of hydrogen-bond acceptors (Lipinski definition) is 2. The number of nitrogens with two attached hydrogens (primary N) is 1. The molecule has 0 heterocycles. The van der Waals surface area contributed by atoms with Gasteiger partial charge in [-0.3, -0.25) is 0 Å². The lowest BCUT2D eigenvalue weighted by Gasteiger charge is -2.00. The number of nitriles is 1. The van der Waals surface area contributed by atoms with Crippen molar-refractivity contribution in [2.45, 2.75) is 12.5 Å². The fourth-order valence-corrected chi connectivity index (χ4v) is 0.914. The Morgan fingerprint density at radius 2 is 1.92 bits per heavy atom. The summed E-state index contributed by atoms with van der Waals surface area (Å²) in [6.07, 6.45) is 0.636. The van der Waals surface area contributed by atoms with E-state index in [-0.39, 0.29) is 18.4 Å². The molecule has 0 saturated carbocycles. The normalized spacial score (nSPS) is 11.0. The predicted molar refractivity (Wildman–Crippen MR) is 51.0 cm³/mol. The van der Waals surface area contributed by atoms with Crippen molar-refractivity contribution >= 4 is 12.4 Å². The summed E-state index contributed by atoms with van der Waals surface area (Å²) in [6.45, 7) is 0. The molecule has 1 rings (SSSR count). The number of rotatable bonds is 2. The van der Waals surface area contributed by atoms with Crippen LogP contribution < -0.4 is 5.73 Å². The molecule has 0 aliphatic heterocycles. The Bertz CT molecular complexity index is 253. The standard InChI is InChI=1S/C9H10N2.ClH/c10-7-9(11)6-8-4-2-1-3-5-8;/h1-5,9H,6,11H2;1H/t9-;/m1./s1. The van der Waals surface area contributed by atoms with Crippen LogP contribution in [0, 0.1) is 11.3 Å². The van der Waals surface area contributed by atoms with Crippen LogP contribution in [0.2, 0.25) is 0 Å². The predicted octanol–water partition coefficient (Wildman–Crippen LogP) is 1.50. The van der Waals surface area contributed by atoms with Crippen molar-refractivity contribution in [2.75, 3.05) is 0 Å². The molecule has 0 aliphatic rings. The number of halogens is 1. The van der Waals surface area contributed by atoms with Crippen molar-refractivity contribution in [1.29, 1.82) is 5.26 Å². The van der Waals surface area contributed by atoms with Gasteiger partial charge in [0.05, 0.1) is 12.1 Å². The average Bonchev–Trinajstić information content (AvgIpc) is 2.06. The van der Waals surface area contributed by atoms with E-state index in [9.17, 15) is 0 Å². The Morgan fingerprint density at radius 3 is 2.42 bits per heavy atom. The summed E-state index contributed by atoms with van der Waals surface area (Å²) in [5, 5.41) is 8.42. The lowest BCUT2D eigenvalue weighted by atomic mass is 10.1. The summed E-state index contributed by atoms with van der Waals surface area (Å²) >= 11 is 0. The monoisotopic (exact) mass is 182 g/mol. The van der Waals surface area contributed by atoms with E-state index in [2.05, 4.69) is 0 Å². The summed E-state index contributed by atoms with van der Waals surface area (Å²) in [5.41, 5.74) is 6.56. The molecule has 0 saturated heterocycles. The largest absolute Gasteiger partial charge is 0.316 e. The van der Waals surface area contributed by atoms with Crippen LogP contribution in [-0.2, 0) is 6.42 Å². The minimum absolute atomic E-state index is 0. The van der Waals surface area contributed by atoms with E-state index < -0.39 is 0 Å². The highest BCUT2D eigenvalue weighted by Crippen LogP contribution is 2.00. The zero-order chi connectivity index (χ0) is 8.10. The van der Waals surface area contributed by atoms with Crippen molar-refractivity contribution < 1.29 is 0 Å². The molecule has 0 aliphatic carbocycles. The van der Waals surface area contributed by atoms with Gasteiger partial charge in [-0.25, -0.2) is 0 Å². The highest BCUT2D eigenvalue weighted by Gasteiger charge is 1.99. The molecule has 2 nitrogen and oxygen atoms in total. The second kappa shape index (κ2) is 5.59. The minimum atomic E-state index is -0.377. The first-order chi connectivity index (χ1) is 5.33. The van der Waals surface area contributed by atoms with Crippen LogP contribution in [0.5, 0.6) is 0 Å². The van der Waals surface area contributed by atoms with Gasteiger partial charge >= 0.3 is 0 Å². The molecule has 64 valence electrons. The van der Waals surface area contributed by atoms with E-state index in [0.29, 0.717) is 6.42 Å². The van der Waals surface area contributed by atoms with E-state index in [1.54, 1.807) is 0 Å². The van der Waals surface area contributed by atoms with E-state index in [1.165, 1.54) is 0 Å². The van der Waals surface area contributed by atoms with Crippen molar-refractivity contribution in [3.63, 3.8) is 0 Å². The first-order valence-electron chi connectivity index (χ1n) is 3.52. The number of benzene rings is 1. The molecule has 0 radical (unpaired) electrons. The molecule has 12 heavy (non-hydrogen) atoms. The topological polar surface area (TPSA) is 49.8 Å². The summed E-state index contributed by atoms with van der Waals surface area (Å²) in [7, 11) is 0. The van der Waals surface area contributed by atoms with Crippen LogP contribution in [0.4, 0.5) is 0 Å². The fraction of sp³-hybridized carbons (Fsp3) is 0.222. The molecular weight excluding hydrogens is 172 g/mol. The van der Waals surface area contributed by atoms with Gasteiger partial charge in [-0.05, 0) is 5.56 Å². The van der Waals surface area contributed by atoms with E-state index >= 15 is 0 Å². The van der Waals surface area contributed by atoms with E-state index in [4.69, 9.17) is 11.0 Å². The van der Waals surface area contributed by atoms with Gasteiger partial charge < -0.3 is 5.73 Å². The van der Waals surface area contributed by atoms with Crippen LogP contribution in [0.15, 0.2) is 30.3 Å². The molecule has 2 N–H and O–H groups in total. The SMILES string of the molecule is Cl.N#C[C@H](N)Cc1ccccc1. The Hall–Kier alpha value is -1.04. The third-order valence-corrected chi connectivity index (χ3v) is 1.46. The number of nitrogens with zero attached hydrogens (tertiary/aromatic N) is 1. The van der Waals surface area contributed by atoms with Crippen LogP contribution in [-0.4, -0.2) is 6.04 Å². The van der Waals surface area contributed by atoms with Crippen molar-refractivity contribution in [1.82, 2.24) is 0 Å². The van der Waals surface area contributed by atoms with Crippen molar-refractivity contribution in [2.24, 2.45) is 5.73 Å². The zero-order valence-electron chi connectivity index (χ0n) is 6.60. The quantitative estimate of drug-likeness (QED) is 0.754. The molecule has 0 fully saturated rings. The summed E-state index contributed by atoms with van der Waals surface area (Å²) in [5.74, 6) is 0. The van der Waals surface area contributed by atoms with Crippen LogP contribution in [0.1, 0.15) is 5.56 Å². The first-order valence-corrected chi connectivity index (χ1v) is 3.52. The fourth-order valence-electron chi connectivity index (χ4n) is 0.914. The number of hydrogen-bond donors (Lipinski definition) is 1. The molecule has 0 unspecified atom stereocenters. The van der Waals surface area contributed by atoms with Crippen LogP contribution in [0.25, 0.3) is 0 Å². The molecule has 1 atom stereocenters.